The van der Waals surface area contributed by atoms with Crippen molar-refractivity contribution < 1.29 is 22.6 Å². The molecular weight excluding hydrogens is 360 g/mol. The molecule has 0 saturated carbocycles. The fraction of sp³-hybridized carbons (Fsp3) is 0.562. The van der Waals surface area contributed by atoms with Gasteiger partial charge in [0.15, 0.2) is 17.5 Å². The predicted molar refractivity (Wildman–Crippen MR) is 103 cm³/mol. The van der Waals surface area contributed by atoms with Crippen LogP contribution in [-0.4, -0.2) is 61.1 Å². The van der Waals surface area contributed by atoms with Gasteiger partial charge in [0.1, 0.15) is 0 Å². The lowest BCUT2D eigenvalue weighted by atomic mass is 10.1. The van der Waals surface area contributed by atoms with Crippen LogP contribution in [0.4, 0.5) is 5.69 Å². The molecule has 0 amide bonds. The van der Waals surface area contributed by atoms with E-state index in [2.05, 4.69) is 20.3 Å². The van der Waals surface area contributed by atoms with Gasteiger partial charge in [0, 0.05) is 37.0 Å². The third-order valence-electron chi connectivity index (χ3n) is 3.31. The molecule has 0 saturated heterocycles. The summed E-state index contributed by atoms with van der Waals surface area (Å²) in [5, 5.41) is 6.19. The number of sulfonamides is 1. The molecule has 0 aliphatic carbocycles. The van der Waals surface area contributed by atoms with Gasteiger partial charge in [-0.05, 0) is 13.8 Å². The Balaban J connectivity index is 2.92. The highest BCUT2D eigenvalue weighted by molar-refractivity contribution is 7.88. The summed E-state index contributed by atoms with van der Waals surface area (Å²) in [7, 11) is 2.90. The number of ether oxygens (including phenoxy) is 3. The normalized spacial score (nSPS) is 12.5. The molecule has 0 unspecified atom stereocenters. The molecule has 26 heavy (non-hydrogen) atoms. The van der Waals surface area contributed by atoms with E-state index >= 15 is 0 Å². The van der Waals surface area contributed by atoms with Gasteiger partial charge >= 0.3 is 0 Å². The molecule has 0 bridgehead atoms. The van der Waals surface area contributed by atoms with Crippen LogP contribution in [0.25, 0.3) is 0 Å². The average molecular weight is 388 g/mol. The van der Waals surface area contributed by atoms with Crippen LogP contribution >= 0.6 is 0 Å². The second-order valence-electron chi connectivity index (χ2n) is 6.22. The van der Waals surface area contributed by atoms with Gasteiger partial charge in [-0.2, -0.15) is 0 Å². The highest BCUT2D eigenvalue weighted by Gasteiger charge is 2.22. The summed E-state index contributed by atoms with van der Waals surface area (Å²) in [6.45, 7) is 3.87. The number of hydrogen-bond acceptors (Lipinski definition) is 6. The molecule has 0 spiro atoms. The Morgan fingerprint density at radius 3 is 2.04 bits per heavy atom. The first kappa shape index (κ1) is 21.8. The molecule has 1 aromatic carbocycles. The maximum absolute atomic E-state index is 11.4. The van der Waals surface area contributed by atoms with Crippen molar-refractivity contribution in [2.75, 3.05) is 46.5 Å². The van der Waals surface area contributed by atoms with E-state index in [9.17, 15) is 8.42 Å². The lowest BCUT2D eigenvalue weighted by Gasteiger charge is -2.26. The van der Waals surface area contributed by atoms with E-state index in [1.165, 1.54) is 21.3 Å². The van der Waals surface area contributed by atoms with Crippen molar-refractivity contribution in [3.63, 3.8) is 0 Å². The van der Waals surface area contributed by atoms with Gasteiger partial charge in [0.25, 0.3) is 0 Å². The zero-order valence-electron chi connectivity index (χ0n) is 16.3. The number of guanidine groups is 1. The summed E-state index contributed by atoms with van der Waals surface area (Å²) < 4.78 is 41.4. The summed E-state index contributed by atoms with van der Waals surface area (Å²) in [4.78, 5) is 4.14. The Labute approximate surface area is 155 Å². The molecule has 0 fully saturated rings. The van der Waals surface area contributed by atoms with Crippen molar-refractivity contribution >= 4 is 21.7 Å². The largest absolute Gasteiger partial charge is 0.493 e. The monoisotopic (exact) mass is 388 g/mol. The molecule has 148 valence electrons. The number of hydrogen-bond donors (Lipinski definition) is 3. The number of nitrogens with zero attached hydrogens (tertiary/aromatic N) is 1. The van der Waals surface area contributed by atoms with E-state index in [1.807, 2.05) is 0 Å². The summed E-state index contributed by atoms with van der Waals surface area (Å²) in [6, 6.07) is 3.49. The zero-order valence-corrected chi connectivity index (χ0v) is 17.1. The predicted octanol–water partition coefficient (Wildman–Crippen LogP) is 1.03. The Kier molecular flexibility index (Phi) is 7.52. The van der Waals surface area contributed by atoms with Gasteiger partial charge in [-0.25, -0.2) is 13.1 Å². The van der Waals surface area contributed by atoms with Crippen LogP contribution in [0, 0.1) is 0 Å². The number of benzene rings is 1. The van der Waals surface area contributed by atoms with Gasteiger partial charge < -0.3 is 24.8 Å². The van der Waals surface area contributed by atoms with Crippen LogP contribution in [0.3, 0.4) is 0 Å². The minimum Gasteiger partial charge on any atom is -0.493 e. The van der Waals surface area contributed by atoms with E-state index in [-0.39, 0.29) is 0 Å². The van der Waals surface area contributed by atoms with Crippen LogP contribution in [0.1, 0.15) is 13.8 Å². The summed E-state index contributed by atoms with van der Waals surface area (Å²) in [5.41, 5.74) is -0.0259. The van der Waals surface area contributed by atoms with Crippen LogP contribution in [0.5, 0.6) is 17.2 Å². The van der Waals surface area contributed by atoms with E-state index in [0.29, 0.717) is 35.4 Å². The van der Waals surface area contributed by atoms with Gasteiger partial charge in [-0.15, -0.1) is 0 Å². The van der Waals surface area contributed by atoms with Crippen LogP contribution in [0.15, 0.2) is 17.1 Å². The average Bonchev–Trinajstić information content (AvgIpc) is 2.55. The van der Waals surface area contributed by atoms with Gasteiger partial charge in [-0.1, -0.05) is 0 Å². The highest BCUT2D eigenvalue weighted by Crippen LogP contribution is 2.39. The van der Waals surface area contributed by atoms with Gasteiger partial charge in [0.05, 0.1) is 27.6 Å². The van der Waals surface area contributed by atoms with Crippen molar-refractivity contribution in [3.8, 4) is 17.2 Å². The van der Waals surface area contributed by atoms with Crippen molar-refractivity contribution in [2.24, 2.45) is 4.99 Å². The SMILES string of the molecule is CN=C(NCC(C)(C)NS(C)(=O)=O)Nc1cc(OC)c(OC)c(OC)c1. The van der Waals surface area contributed by atoms with Crippen molar-refractivity contribution in [3.05, 3.63) is 12.1 Å². The van der Waals surface area contributed by atoms with E-state index in [1.54, 1.807) is 33.0 Å². The van der Waals surface area contributed by atoms with Crippen molar-refractivity contribution in [1.82, 2.24) is 10.0 Å². The third-order valence-corrected chi connectivity index (χ3v) is 4.23. The molecule has 0 aromatic heterocycles. The highest BCUT2D eigenvalue weighted by atomic mass is 32.2. The maximum Gasteiger partial charge on any atom is 0.209 e. The quantitative estimate of drug-likeness (QED) is 0.451. The Bertz CT molecular complexity index is 722. The molecule has 0 aliphatic heterocycles. The summed E-state index contributed by atoms with van der Waals surface area (Å²) in [6.07, 6.45) is 1.12. The molecule has 9 nitrogen and oxygen atoms in total. The third kappa shape index (κ3) is 6.60. The number of rotatable bonds is 8. The fourth-order valence-electron chi connectivity index (χ4n) is 2.31. The second kappa shape index (κ2) is 8.95. The van der Waals surface area contributed by atoms with Crippen LogP contribution in [-0.2, 0) is 10.0 Å². The Morgan fingerprint density at radius 2 is 1.65 bits per heavy atom. The molecular formula is C16H28N4O5S. The smallest absolute Gasteiger partial charge is 0.209 e. The lowest BCUT2D eigenvalue weighted by Crippen LogP contribution is -2.51. The van der Waals surface area contributed by atoms with Crippen molar-refractivity contribution in [1.29, 1.82) is 0 Å². The second-order valence-corrected chi connectivity index (χ2v) is 7.97. The first-order chi connectivity index (χ1) is 12.0. The Morgan fingerprint density at radius 1 is 1.12 bits per heavy atom. The fourth-order valence-corrected chi connectivity index (χ4v) is 3.39. The molecule has 0 aliphatic rings. The first-order valence-electron chi connectivity index (χ1n) is 7.82. The minimum atomic E-state index is -3.32. The molecule has 1 aromatic rings. The molecule has 10 heteroatoms. The first-order valence-corrected chi connectivity index (χ1v) is 9.71. The Hall–Kier alpha value is -2.20. The molecule has 0 radical (unpaired) electrons. The molecule has 0 heterocycles. The number of nitrogens with one attached hydrogen (secondary N) is 3. The minimum absolute atomic E-state index is 0.324. The lowest BCUT2D eigenvalue weighted by molar-refractivity contribution is 0.324. The molecule has 1 rings (SSSR count). The summed E-state index contributed by atoms with van der Waals surface area (Å²) in [5.74, 6) is 1.96. The van der Waals surface area contributed by atoms with Crippen LogP contribution < -0.4 is 29.6 Å². The number of aliphatic imine (C=N–C) groups is 1. The van der Waals surface area contributed by atoms with Crippen LogP contribution in [0.2, 0.25) is 0 Å². The number of methoxy groups -OCH3 is 3. The zero-order chi connectivity index (χ0) is 20.0. The van der Waals surface area contributed by atoms with Gasteiger partial charge in [0.2, 0.25) is 15.8 Å². The maximum atomic E-state index is 11.4. The van der Waals surface area contributed by atoms with Gasteiger partial charge in [-0.3, -0.25) is 4.99 Å². The standard InChI is InChI=1S/C16H28N4O5S/c1-16(2,20-26(7,21)22)10-18-15(17-3)19-11-8-12(23-4)14(25-6)13(9-11)24-5/h8-9,20H,10H2,1-7H3,(H2,17,18,19). The van der Waals surface area contributed by atoms with E-state index in [4.69, 9.17) is 14.2 Å². The summed E-state index contributed by atoms with van der Waals surface area (Å²) >= 11 is 0. The topological polar surface area (TPSA) is 110 Å². The van der Waals surface area contributed by atoms with E-state index < -0.39 is 15.6 Å². The number of anilines is 1. The van der Waals surface area contributed by atoms with E-state index in [0.717, 1.165) is 6.26 Å². The molecule has 0 atom stereocenters. The van der Waals surface area contributed by atoms with Crippen molar-refractivity contribution in [2.45, 2.75) is 19.4 Å². The molecule has 3 N–H and O–H groups in total.